The van der Waals surface area contributed by atoms with Crippen LogP contribution in [0.2, 0.25) is 0 Å². The highest BCUT2D eigenvalue weighted by Gasteiger charge is 2.35. The Hall–Kier alpha value is -0.900. The second-order valence-electron chi connectivity index (χ2n) is 4.68. The molecule has 1 saturated carbocycles. The second kappa shape index (κ2) is 6.47. The van der Waals surface area contributed by atoms with Gasteiger partial charge < -0.3 is 5.73 Å². The predicted molar refractivity (Wildman–Crippen MR) is 72.4 cm³/mol. The number of nitrogens with zero attached hydrogens (tertiary/aromatic N) is 1. The van der Waals surface area contributed by atoms with Crippen LogP contribution in [0.5, 0.6) is 0 Å². The fraction of sp³-hybridized carbons (Fsp3) is 0.545. The van der Waals surface area contributed by atoms with Gasteiger partial charge in [-0.05, 0) is 30.9 Å². The lowest BCUT2D eigenvalue weighted by molar-refractivity contribution is -0.141. The van der Waals surface area contributed by atoms with Crippen molar-refractivity contribution in [1.29, 1.82) is 0 Å². The molecule has 0 amide bonds. The lowest BCUT2D eigenvalue weighted by Crippen LogP contribution is -2.41. The van der Waals surface area contributed by atoms with E-state index < -0.39 is 21.9 Å². The molecule has 21 heavy (non-hydrogen) atoms. The third kappa shape index (κ3) is 4.53. The molecular weight excluding hydrogens is 331 g/mol. The van der Waals surface area contributed by atoms with E-state index in [1.165, 1.54) is 0 Å². The van der Waals surface area contributed by atoms with E-state index in [1.807, 2.05) is 0 Å². The Labute approximate surface area is 126 Å². The first kappa shape index (κ1) is 18.1. The van der Waals surface area contributed by atoms with Gasteiger partial charge in [0.2, 0.25) is 10.0 Å². The SMILES string of the molecule is Cl.NCC(NS(=O)(=O)c1ccc(C(F)(F)F)nc1)C1CC1. The number of nitrogens with two attached hydrogens (primary N) is 1. The van der Waals surface area contributed by atoms with Crippen molar-refractivity contribution < 1.29 is 21.6 Å². The van der Waals surface area contributed by atoms with E-state index in [-0.39, 0.29) is 35.8 Å². The van der Waals surface area contributed by atoms with Crippen LogP contribution in [0.15, 0.2) is 23.2 Å². The second-order valence-corrected chi connectivity index (χ2v) is 6.39. The molecule has 1 heterocycles. The molecule has 0 aromatic carbocycles. The summed E-state index contributed by atoms with van der Waals surface area (Å²) in [5.41, 5.74) is 4.36. The van der Waals surface area contributed by atoms with Crippen molar-refractivity contribution in [3.8, 4) is 0 Å². The van der Waals surface area contributed by atoms with Crippen LogP contribution in [0.25, 0.3) is 0 Å². The number of pyridine rings is 1. The number of aromatic nitrogens is 1. The quantitative estimate of drug-likeness (QED) is 0.847. The van der Waals surface area contributed by atoms with E-state index >= 15 is 0 Å². The molecule has 0 aliphatic heterocycles. The number of hydrogen-bond donors (Lipinski definition) is 2. The van der Waals surface area contributed by atoms with Crippen molar-refractivity contribution in [2.75, 3.05) is 6.54 Å². The molecule has 0 bridgehead atoms. The Bertz CT molecular complexity index is 573. The molecule has 0 saturated heterocycles. The number of sulfonamides is 1. The van der Waals surface area contributed by atoms with Crippen LogP contribution in [0.4, 0.5) is 13.2 Å². The first-order chi connectivity index (χ1) is 9.24. The molecule has 2 rings (SSSR count). The molecule has 1 atom stereocenters. The van der Waals surface area contributed by atoms with Gasteiger partial charge in [0.1, 0.15) is 10.6 Å². The third-order valence-corrected chi connectivity index (χ3v) is 4.56. The van der Waals surface area contributed by atoms with E-state index in [0.717, 1.165) is 18.9 Å². The van der Waals surface area contributed by atoms with Crippen LogP contribution in [0, 0.1) is 5.92 Å². The lowest BCUT2D eigenvalue weighted by Gasteiger charge is -2.16. The smallest absolute Gasteiger partial charge is 0.329 e. The maximum atomic E-state index is 12.4. The summed E-state index contributed by atoms with van der Waals surface area (Å²) >= 11 is 0. The molecule has 5 nitrogen and oxygen atoms in total. The highest BCUT2D eigenvalue weighted by Crippen LogP contribution is 2.33. The zero-order valence-corrected chi connectivity index (χ0v) is 12.4. The highest BCUT2D eigenvalue weighted by molar-refractivity contribution is 7.89. The number of rotatable bonds is 5. The molecule has 0 spiro atoms. The lowest BCUT2D eigenvalue weighted by atomic mass is 10.2. The minimum Gasteiger partial charge on any atom is -0.329 e. The van der Waals surface area contributed by atoms with Gasteiger partial charge in [-0.15, -0.1) is 12.4 Å². The van der Waals surface area contributed by atoms with Gasteiger partial charge in [0.25, 0.3) is 0 Å². The summed E-state index contributed by atoms with van der Waals surface area (Å²) in [6.45, 7) is 0.151. The maximum absolute atomic E-state index is 12.4. The number of hydrogen-bond acceptors (Lipinski definition) is 4. The van der Waals surface area contributed by atoms with Gasteiger partial charge in [-0.2, -0.15) is 13.2 Å². The zero-order valence-electron chi connectivity index (χ0n) is 10.8. The predicted octanol–water partition coefficient (Wildman–Crippen LogP) is 1.54. The molecule has 1 aliphatic carbocycles. The normalized spacial score (nSPS) is 17.1. The van der Waals surface area contributed by atoms with Crippen molar-refractivity contribution in [1.82, 2.24) is 9.71 Å². The number of alkyl halides is 3. The molecule has 1 unspecified atom stereocenters. The maximum Gasteiger partial charge on any atom is 0.433 e. The monoisotopic (exact) mass is 345 g/mol. The molecule has 1 aromatic heterocycles. The first-order valence-electron chi connectivity index (χ1n) is 5.99. The zero-order chi connectivity index (χ0) is 15.0. The molecule has 1 aliphatic rings. The highest BCUT2D eigenvalue weighted by atomic mass is 35.5. The van der Waals surface area contributed by atoms with Crippen molar-refractivity contribution >= 4 is 22.4 Å². The summed E-state index contributed by atoms with van der Waals surface area (Å²) in [6, 6.07) is 1.14. The van der Waals surface area contributed by atoms with Gasteiger partial charge >= 0.3 is 6.18 Å². The van der Waals surface area contributed by atoms with Gasteiger partial charge in [0.15, 0.2) is 0 Å². The average molecular weight is 346 g/mol. The molecule has 10 heteroatoms. The summed E-state index contributed by atoms with van der Waals surface area (Å²) in [4.78, 5) is 2.83. The van der Waals surface area contributed by atoms with Crippen LogP contribution >= 0.6 is 12.4 Å². The Balaban J connectivity index is 0.00000220. The average Bonchev–Trinajstić information content (AvgIpc) is 3.19. The third-order valence-electron chi connectivity index (χ3n) is 3.09. The Morgan fingerprint density at radius 3 is 2.38 bits per heavy atom. The number of nitrogens with one attached hydrogen (secondary N) is 1. The summed E-state index contributed by atoms with van der Waals surface area (Å²) in [5, 5.41) is 0. The molecular formula is C11H15ClF3N3O2S. The molecule has 3 N–H and O–H groups in total. The molecule has 1 fully saturated rings. The van der Waals surface area contributed by atoms with Crippen LogP contribution in [-0.2, 0) is 16.2 Å². The Kier molecular flexibility index (Phi) is 5.59. The summed E-state index contributed by atoms with van der Waals surface area (Å²) in [7, 11) is -3.90. The first-order valence-corrected chi connectivity index (χ1v) is 7.48. The summed E-state index contributed by atoms with van der Waals surface area (Å²) in [5.74, 6) is 0.206. The van der Waals surface area contributed by atoms with E-state index in [2.05, 4.69) is 9.71 Å². The van der Waals surface area contributed by atoms with Crippen LogP contribution in [0.1, 0.15) is 18.5 Å². The Morgan fingerprint density at radius 2 is 2.00 bits per heavy atom. The molecule has 0 radical (unpaired) electrons. The topological polar surface area (TPSA) is 85.1 Å². The van der Waals surface area contributed by atoms with Crippen molar-refractivity contribution in [3.05, 3.63) is 24.0 Å². The van der Waals surface area contributed by atoms with Crippen LogP contribution in [-0.4, -0.2) is 26.0 Å². The summed E-state index contributed by atoms with van der Waals surface area (Å²) < 4.78 is 63.5. The van der Waals surface area contributed by atoms with Crippen LogP contribution in [0.3, 0.4) is 0 Å². The van der Waals surface area contributed by atoms with E-state index in [4.69, 9.17) is 5.73 Å². The summed E-state index contributed by atoms with van der Waals surface area (Å²) in [6.07, 6.45) is -2.10. The fourth-order valence-corrected chi connectivity index (χ4v) is 3.07. The van der Waals surface area contributed by atoms with Gasteiger partial charge in [0, 0.05) is 18.8 Å². The number of halogens is 4. The van der Waals surface area contributed by atoms with Crippen molar-refractivity contribution in [3.63, 3.8) is 0 Å². The van der Waals surface area contributed by atoms with Gasteiger partial charge in [0.05, 0.1) is 0 Å². The van der Waals surface area contributed by atoms with Crippen LogP contribution < -0.4 is 10.5 Å². The minimum absolute atomic E-state index is 0. The van der Waals surface area contributed by atoms with Gasteiger partial charge in [-0.1, -0.05) is 0 Å². The minimum atomic E-state index is -4.59. The molecule has 120 valence electrons. The van der Waals surface area contributed by atoms with Crippen molar-refractivity contribution in [2.24, 2.45) is 11.7 Å². The fourth-order valence-electron chi connectivity index (χ4n) is 1.81. The van der Waals surface area contributed by atoms with Crippen molar-refractivity contribution in [2.45, 2.75) is 30.0 Å². The van der Waals surface area contributed by atoms with E-state index in [0.29, 0.717) is 12.3 Å². The standard InChI is InChI=1S/C11H14F3N3O2S.ClH/c12-11(13,14)10-4-3-8(6-16-10)20(18,19)17-9(5-15)7-1-2-7;/h3-4,6-7,9,17H,1-2,5,15H2;1H. The van der Waals surface area contributed by atoms with E-state index in [9.17, 15) is 21.6 Å². The van der Waals surface area contributed by atoms with E-state index in [1.54, 1.807) is 0 Å². The molecule has 1 aromatic rings. The Morgan fingerprint density at radius 1 is 1.38 bits per heavy atom. The van der Waals surface area contributed by atoms with Gasteiger partial charge in [-0.3, -0.25) is 4.98 Å². The van der Waals surface area contributed by atoms with Gasteiger partial charge in [-0.25, -0.2) is 13.1 Å². The largest absolute Gasteiger partial charge is 0.433 e.